The van der Waals surface area contributed by atoms with Gasteiger partial charge in [-0.3, -0.25) is 4.79 Å². The van der Waals surface area contributed by atoms with Crippen molar-refractivity contribution in [1.29, 1.82) is 0 Å². The number of phenols is 1. The van der Waals surface area contributed by atoms with E-state index in [-0.39, 0.29) is 46.0 Å². The van der Waals surface area contributed by atoms with Gasteiger partial charge >= 0.3 is 5.97 Å². The number of carbonyl (C=O) groups is 1. The summed E-state index contributed by atoms with van der Waals surface area (Å²) >= 11 is 0. The van der Waals surface area contributed by atoms with Crippen LogP contribution in [0.15, 0.2) is 69.4 Å². The lowest BCUT2D eigenvalue weighted by atomic mass is 9.47. The van der Waals surface area contributed by atoms with Gasteiger partial charge in [-0.15, -0.1) is 0 Å². The Labute approximate surface area is 297 Å². The third-order valence-corrected chi connectivity index (χ3v) is 13.8. The van der Waals surface area contributed by atoms with Crippen LogP contribution in [-0.4, -0.2) is 23.8 Å². The van der Waals surface area contributed by atoms with Crippen molar-refractivity contribution < 1.29 is 23.8 Å². The smallest absolute Gasteiger partial charge is 0.344 e. The molecule has 1 aromatic heterocycles. The summed E-state index contributed by atoms with van der Waals surface area (Å²) in [6, 6.07) is 13.6. The summed E-state index contributed by atoms with van der Waals surface area (Å²) in [5, 5.41) is 10.7. The van der Waals surface area contributed by atoms with Crippen molar-refractivity contribution in [2.45, 2.75) is 111 Å². The number of fused-ring (bicyclic) bond motifs is 6. The lowest BCUT2D eigenvalue weighted by molar-refractivity contribution is -0.153. The zero-order valence-corrected chi connectivity index (χ0v) is 30.7. The molecule has 4 aliphatic carbocycles. The first kappa shape index (κ1) is 34.9. The fourth-order valence-electron chi connectivity index (χ4n) is 11.2. The molecule has 3 fully saturated rings. The minimum absolute atomic E-state index is 0.0786. The molecule has 3 saturated carbocycles. The summed E-state index contributed by atoms with van der Waals surface area (Å²) in [6.45, 7) is 12.1. The highest BCUT2D eigenvalue weighted by Crippen LogP contribution is 2.67. The average Bonchev–Trinajstić information content (AvgIpc) is 3.44. The number of allylic oxidation sites excluding steroid dienone is 1. The van der Waals surface area contributed by atoms with E-state index in [9.17, 15) is 14.7 Å². The number of aromatic hydroxyl groups is 1. The Morgan fingerprint density at radius 2 is 1.78 bits per heavy atom. The van der Waals surface area contributed by atoms with E-state index >= 15 is 0 Å². The van der Waals surface area contributed by atoms with Gasteiger partial charge in [-0.2, -0.15) is 0 Å². The fraction of sp³-hybridized carbons (Fsp3) is 0.591. The van der Waals surface area contributed by atoms with Crippen molar-refractivity contribution in [1.82, 2.24) is 0 Å². The second-order valence-electron chi connectivity index (χ2n) is 17.1. The normalized spacial score (nSPS) is 31.0. The van der Waals surface area contributed by atoms with Crippen LogP contribution in [0.2, 0.25) is 0 Å². The van der Waals surface area contributed by atoms with Crippen molar-refractivity contribution in [2.24, 2.45) is 46.3 Å². The molecule has 4 aliphatic rings. The Balaban J connectivity index is 0.970. The summed E-state index contributed by atoms with van der Waals surface area (Å²) < 4.78 is 17.7. The van der Waals surface area contributed by atoms with E-state index in [1.807, 2.05) is 30.3 Å². The molecule has 0 saturated heterocycles. The lowest BCUT2D eigenvalue weighted by Gasteiger charge is -2.58. The second-order valence-corrected chi connectivity index (χ2v) is 17.1. The van der Waals surface area contributed by atoms with Crippen LogP contribution in [0.25, 0.3) is 22.3 Å². The molecule has 0 aliphatic heterocycles. The zero-order valence-electron chi connectivity index (χ0n) is 30.7. The molecule has 268 valence electrons. The first-order chi connectivity index (χ1) is 24.0. The highest BCUT2D eigenvalue weighted by molar-refractivity contribution is 5.86. The Hall–Kier alpha value is -3.54. The molecule has 0 amide bonds. The van der Waals surface area contributed by atoms with E-state index in [0.29, 0.717) is 11.2 Å². The quantitative estimate of drug-likeness (QED) is 0.169. The molecule has 1 heterocycles. The van der Waals surface area contributed by atoms with Gasteiger partial charge in [0.25, 0.3) is 0 Å². The van der Waals surface area contributed by atoms with Crippen molar-refractivity contribution in [2.75, 3.05) is 6.61 Å². The predicted octanol–water partition coefficient (Wildman–Crippen LogP) is 10.5. The Kier molecular flexibility index (Phi) is 9.69. The fourth-order valence-corrected chi connectivity index (χ4v) is 11.2. The van der Waals surface area contributed by atoms with Crippen LogP contribution < -0.4 is 10.2 Å². The van der Waals surface area contributed by atoms with Crippen LogP contribution in [0.1, 0.15) is 105 Å². The summed E-state index contributed by atoms with van der Waals surface area (Å²) in [7, 11) is 0. The van der Waals surface area contributed by atoms with E-state index in [0.717, 1.165) is 60.3 Å². The van der Waals surface area contributed by atoms with Gasteiger partial charge in [-0.1, -0.05) is 95.9 Å². The van der Waals surface area contributed by atoms with Crippen LogP contribution in [-0.2, 0) is 9.53 Å². The van der Waals surface area contributed by atoms with Crippen molar-refractivity contribution in [3.63, 3.8) is 0 Å². The van der Waals surface area contributed by atoms with Crippen molar-refractivity contribution in [3.05, 3.63) is 70.4 Å². The van der Waals surface area contributed by atoms with Crippen LogP contribution in [0.4, 0.5) is 0 Å². The third kappa shape index (κ3) is 6.52. The third-order valence-electron chi connectivity index (χ3n) is 13.8. The van der Waals surface area contributed by atoms with E-state index < -0.39 is 5.97 Å². The number of esters is 1. The number of hydrogen-bond donors (Lipinski definition) is 1. The van der Waals surface area contributed by atoms with Gasteiger partial charge in [-0.05, 0) is 91.3 Å². The van der Waals surface area contributed by atoms with E-state index in [2.05, 4.69) is 40.7 Å². The van der Waals surface area contributed by atoms with Gasteiger partial charge in [0.2, 0.25) is 0 Å². The molecule has 2 aromatic carbocycles. The van der Waals surface area contributed by atoms with E-state index in [4.69, 9.17) is 13.9 Å². The number of phenolic OH excluding ortho intramolecular Hbond substituents is 1. The molecule has 7 rings (SSSR count). The van der Waals surface area contributed by atoms with Crippen molar-refractivity contribution >= 4 is 16.9 Å². The van der Waals surface area contributed by atoms with Crippen LogP contribution in [0.5, 0.6) is 11.5 Å². The van der Waals surface area contributed by atoms with Crippen molar-refractivity contribution in [3.8, 4) is 22.8 Å². The molecular formula is C44H56O6. The first-order valence-electron chi connectivity index (χ1n) is 19.3. The molecular weight excluding hydrogens is 624 g/mol. The Morgan fingerprint density at radius 1 is 0.980 bits per heavy atom. The highest BCUT2D eigenvalue weighted by Gasteiger charge is 2.59. The maximum atomic E-state index is 13.0. The summed E-state index contributed by atoms with van der Waals surface area (Å²) in [6.07, 6.45) is 15.8. The minimum Gasteiger partial charge on any atom is -0.507 e. The molecule has 8 atom stereocenters. The topological polar surface area (TPSA) is 86.0 Å². The average molecular weight is 681 g/mol. The van der Waals surface area contributed by atoms with Gasteiger partial charge in [-0.25, -0.2) is 4.79 Å². The largest absolute Gasteiger partial charge is 0.507 e. The van der Waals surface area contributed by atoms with Gasteiger partial charge in [0.1, 0.15) is 34.3 Å². The van der Waals surface area contributed by atoms with Crippen LogP contribution >= 0.6 is 0 Å². The van der Waals surface area contributed by atoms with Crippen LogP contribution in [0, 0.1) is 46.3 Å². The Bertz CT molecular complexity index is 1790. The standard InChI is InChI=1S/C44H56O6/c1-27(2)10-9-11-28(3)34-16-17-35-33-15-14-30-22-31(18-20-43(30,4)36(33)19-21-44(34,35)5)49-41(47)26-48-32-23-37(45)42-38(46)25-39(50-40(42)24-32)29-12-7-6-8-13-29/h6-8,12-14,23-25,27-28,31,33-36,45H,9-11,15-22,26H2,1-5H3/t28-,31+,33-,34+,35-,36-,43-,44+/m0/s1. The zero-order chi connectivity index (χ0) is 35.2. The van der Waals surface area contributed by atoms with Gasteiger partial charge in [0, 0.05) is 30.2 Å². The summed E-state index contributed by atoms with van der Waals surface area (Å²) in [5.74, 6) is 4.75. The molecule has 0 bridgehead atoms. The minimum atomic E-state index is -0.431. The Morgan fingerprint density at radius 3 is 2.56 bits per heavy atom. The van der Waals surface area contributed by atoms with Crippen LogP contribution in [0.3, 0.4) is 0 Å². The second kappa shape index (κ2) is 13.9. The molecule has 0 spiro atoms. The molecule has 0 radical (unpaired) electrons. The predicted molar refractivity (Wildman–Crippen MR) is 198 cm³/mol. The van der Waals surface area contributed by atoms with Gasteiger partial charge in [0.15, 0.2) is 12.0 Å². The van der Waals surface area contributed by atoms with E-state index in [1.54, 1.807) is 6.07 Å². The molecule has 1 N–H and O–H groups in total. The van der Waals surface area contributed by atoms with Gasteiger partial charge in [0.05, 0.1) is 0 Å². The number of carbonyl (C=O) groups excluding carboxylic acids is 1. The maximum absolute atomic E-state index is 13.0. The molecule has 50 heavy (non-hydrogen) atoms. The van der Waals surface area contributed by atoms with E-state index in [1.165, 1.54) is 69.1 Å². The molecule has 6 nitrogen and oxygen atoms in total. The van der Waals surface area contributed by atoms with Gasteiger partial charge < -0.3 is 19.0 Å². The number of ether oxygens (including phenoxy) is 2. The monoisotopic (exact) mass is 680 g/mol. The lowest BCUT2D eigenvalue weighted by Crippen LogP contribution is -2.51. The molecule has 0 unspecified atom stereocenters. The summed E-state index contributed by atoms with van der Waals surface area (Å²) in [4.78, 5) is 25.8. The number of rotatable bonds is 10. The number of benzene rings is 2. The highest BCUT2D eigenvalue weighted by atomic mass is 16.6. The molecule has 6 heteroatoms. The number of hydrogen-bond acceptors (Lipinski definition) is 6. The first-order valence-corrected chi connectivity index (χ1v) is 19.3. The maximum Gasteiger partial charge on any atom is 0.344 e. The summed E-state index contributed by atoms with van der Waals surface area (Å²) in [5.41, 5.74) is 2.76. The SMILES string of the molecule is CC(C)CCC[C@H](C)[C@H]1CC[C@H]2[C@@H]3CC=C4C[C@H](OC(=O)COc5cc(O)c6c(=O)cc(-c7ccccc7)oc6c5)CC[C@]4(C)[C@H]3CC[C@]12C. The molecule has 3 aromatic rings.